The second-order valence-corrected chi connectivity index (χ2v) is 5.30. The summed E-state index contributed by atoms with van der Waals surface area (Å²) in [6.45, 7) is 0. The van der Waals surface area contributed by atoms with Crippen LogP contribution in [0, 0.1) is 0 Å². The summed E-state index contributed by atoms with van der Waals surface area (Å²) in [6, 6.07) is 5.66. The van der Waals surface area contributed by atoms with Crippen molar-refractivity contribution in [3.8, 4) is 0 Å². The normalized spacial score (nSPS) is 11.4. The Hall–Kier alpha value is -0.610. The second kappa shape index (κ2) is 3.70. The van der Waals surface area contributed by atoms with Gasteiger partial charge in [-0.05, 0) is 17.7 Å². The zero-order valence-corrected chi connectivity index (χ0v) is 10.8. The number of thiophene rings is 1. The minimum atomic E-state index is 0.150. The number of benzene rings is 1. The maximum Gasteiger partial charge on any atom is 0.224 e. The standard InChI is InChI=1S/C10H3Cl3N2S/c11-5-3-1-2-4-6-8(16-7(4)5)9(12)15-10(13)14-6/h1-3H. The third-order valence-electron chi connectivity index (χ3n) is 2.22. The van der Waals surface area contributed by atoms with Crippen molar-refractivity contribution in [2.75, 3.05) is 0 Å². The fourth-order valence-corrected chi connectivity index (χ4v) is 3.39. The Bertz CT molecular complexity index is 708. The third-order valence-corrected chi connectivity index (χ3v) is 4.44. The van der Waals surface area contributed by atoms with E-state index in [1.165, 1.54) is 11.3 Å². The molecule has 0 saturated carbocycles. The molecule has 0 bridgehead atoms. The van der Waals surface area contributed by atoms with Gasteiger partial charge in [0.1, 0.15) is 0 Å². The molecule has 2 nitrogen and oxygen atoms in total. The van der Waals surface area contributed by atoms with Gasteiger partial charge in [-0.1, -0.05) is 35.3 Å². The van der Waals surface area contributed by atoms with E-state index in [0.29, 0.717) is 10.2 Å². The second-order valence-electron chi connectivity index (χ2n) is 3.18. The van der Waals surface area contributed by atoms with Crippen LogP contribution in [0.3, 0.4) is 0 Å². The molecule has 2 heterocycles. The lowest BCUT2D eigenvalue weighted by Gasteiger charge is -1.94. The Kier molecular flexibility index (Phi) is 2.44. The van der Waals surface area contributed by atoms with Gasteiger partial charge in [-0.3, -0.25) is 0 Å². The Morgan fingerprint density at radius 2 is 1.81 bits per heavy atom. The van der Waals surface area contributed by atoms with Gasteiger partial charge >= 0.3 is 0 Å². The van der Waals surface area contributed by atoms with Crippen LogP contribution < -0.4 is 0 Å². The first-order valence-corrected chi connectivity index (χ1v) is 6.31. The fraction of sp³-hybridized carbons (Fsp3) is 0. The average Bonchev–Trinajstić information content (AvgIpc) is 2.59. The van der Waals surface area contributed by atoms with E-state index in [-0.39, 0.29) is 5.28 Å². The predicted molar refractivity (Wildman–Crippen MR) is 70.0 cm³/mol. The van der Waals surface area contributed by atoms with Gasteiger partial charge in [0.2, 0.25) is 5.28 Å². The molecule has 0 aliphatic heterocycles. The minimum absolute atomic E-state index is 0.150. The maximum atomic E-state index is 6.11. The van der Waals surface area contributed by atoms with Crippen molar-refractivity contribution in [1.29, 1.82) is 0 Å². The molecule has 3 aromatic rings. The largest absolute Gasteiger partial charge is 0.224 e. The van der Waals surface area contributed by atoms with Crippen LogP contribution in [-0.4, -0.2) is 9.97 Å². The Morgan fingerprint density at radius 1 is 1.00 bits per heavy atom. The topological polar surface area (TPSA) is 25.8 Å². The zero-order valence-electron chi connectivity index (χ0n) is 7.67. The quantitative estimate of drug-likeness (QED) is 0.438. The minimum Gasteiger partial charge on any atom is -0.216 e. The van der Waals surface area contributed by atoms with Crippen molar-refractivity contribution in [3.05, 3.63) is 33.7 Å². The van der Waals surface area contributed by atoms with E-state index in [0.717, 1.165) is 20.3 Å². The summed E-state index contributed by atoms with van der Waals surface area (Å²) in [5, 5.41) is 2.16. The van der Waals surface area contributed by atoms with Crippen molar-refractivity contribution in [2.24, 2.45) is 0 Å². The molecule has 0 aliphatic rings. The first-order chi connectivity index (χ1) is 7.66. The van der Waals surface area contributed by atoms with Gasteiger partial charge in [0.05, 0.1) is 19.9 Å². The molecule has 0 amide bonds. The zero-order chi connectivity index (χ0) is 11.3. The monoisotopic (exact) mass is 288 g/mol. The number of nitrogens with zero attached hydrogens (tertiary/aromatic N) is 2. The van der Waals surface area contributed by atoms with Gasteiger partial charge in [-0.25, -0.2) is 9.97 Å². The Balaban J connectivity index is 2.61. The van der Waals surface area contributed by atoms with Crippen molar-refractivity contribution in [2.45, 2.75) is 0 Å². The van der Waals surface area contributed by atoms with Crippen LogP contribution in [0.1, 0.15) is 0 Å². The lowest BCUT2D eigenvalue weighted by molar-refractivity contribution is 1.23. The molecule has 0 radical (unpaired) electrons. The van der Waals surface area contributed by atoms with Crippen molar-refractivity contribution in [3.63, 3.8) is 0 Å². The number of fused-ring (bicyclic) bond motifs is 3. The van der Waals surface area contributed by atoms with Gasteiger partial charge in [-0.15, -0.1) is 11.3 Å². The van der Waals surface area contributed by atoms with Crippen LogP contribution >= 0.6 is 46.1 Å². The molecular weight excluding hydrogens is 287 g/mol. The Morgan fingerprint density at radius 3 is 2.62 bits per heavy atom. The van der Waals surface area contributed by atoms with Gasteiger partial charge in [0.15, 0.2) is 5.15 Å². The number of halogens is 3. The summed E-state index contributed by atoms with van der Waals surface area (Å²) < 4.78 is 1.77. The van der Waals surface area contributed by atoms with Crippen molar-refractivity contribution >= 4 is 66.4 Å². The Labute approximate surface area is 110 Å². The average molecular weight is 290 g/mol. The first-order valence-electron chi connectivity index (χ1n) is 4.36. The molecule has 0 unspecified atom stereocenters. The molecule has 0 N–H and O–H groups in total. The van der Waals surface area contributed by atoms with Crippen molar-refractivity contribution < 1.29 is 0 Å². The lowest BCUT2D eigenvalue weighted by Crippen LogP contribution is -1.82. The molecular formula is C10H3Cl3N2S. The highest BCUT2D eigenvalue weighted by atomic mass is 35.5. The summed E-state index contributed by atoms with van der Waals surface area (Å²) in [4.78, 5) is 8.10. The number of hydrogen-bond acceptors (Lipinski definition) is 3. The molecule has 2 aromatic heterocycles. The predicted octanol–water partition coefficient (Wildman–Crippen LogP) is 4.80. The van der Waals surface area contributed by atoms with Crippen LogP contribution in [0.2, 0.25) is 15.5 Å². The van der Waals surface area contributed by atoms with Crippen LogP contribution in [0.4, 0.5) is 0 Å². The van der Waals surface area contributed by atoms with Crippen LogP contribution in [0.25, 0.3) is 20.3 Å². The molecule has 0 spiro atoms. The molecule has 0 atom stereocenters. The fourth-order valence-electron chi connectivity index (χ4n) is 1.57. The highest BCUT2D eigenvalue weighted by molar-refractivity contribution is 7.26. The summed E-state index contributed by atoms with van der Waals surface area (Å²) in [5.41, 5.74) is 0.757. The van der Waals surface area contributed by atoms with Crippen LogP contribution in [0.5, 0.6) is 0 Å². The van der Waals surface area contributed by atoms with Gasteiger partial charge in [-0.2, -0.15) is 0 Å². The number of hydrogen-bond donors (Lipinski definition) is 0. The highest BCUT2D eigenvalue weighted by Gasteiger charge is 2.13. The number of rotatable bonds is 0. The molecule has 0 fully saturated rings. The van der Waals surface area contributed by atoms with E-state index in [9.17, 15) is 0 Å². The third kappa shape index (κ3) is 1.47. The van der Waals surface area contributed by atoms with E-state index in [4.69, 9.17) is 34.8 Å². The van der Waals surface area contributed by atoms with Crippen molar-refractivity contribution in [1.82, 2.24) is 9.97 Å². The molecule has 6 heteroatoms. The van der Waals surface area contributed by atoms with Crippen LogP contribution in [-0.2, 0) is 0 Å². The first kappa shape index (κ1) is 10.5. The van der Waals surface area contributed by atoms with Gasteiger partial charge in [0.25, 0.3) is 0 Å². The molecule has 80 valence electrons. The van der Waals surface area contributed by atoms with Gasteiger partial charge < -0.3 is 0 Å². The van der Waals surface area contributed by atoms with E-state index in [1.54, 1.807) is 0 Å². The van der Waals surface area contributed by atoms with E-state index >= 15 is 0 Å². The van der Waals surface area contributed by atoms with E-state index < -0.39 is 0 Å². The molecule has 1 aromatic carbocycles. The highest BCUT2D eigenvalue weighted by Crippen LogP contribution is 2.39. The molecule has 3 rings (SSSR count). The maximum absolute atomic E-state index is 6.11. The smallest absolute Gasteiger partial charge is 0.216 e. The summed E-state index contributed by atoms with van der Waals surface area (Å²) in [5.74, 6) is 0. The molecule has 0 aliphatic carbocycles. The summed E-state index contributed by atoms with van der Waals surface area (Å²) in [7, 11) is 0. The van der Waals surface area contributed by atoms with E-state index in [1.807, 2.05) is 18.2 Å². The van der Waals surface area contributed by atoms with E-state index in [2.05, 4.69) is 9.97 Å². The summed E-state index contributed by atoms with van der Waals surface area (Å²) in [6.07, 6.45) is 0. The SMILES string of the molecule is Clc1nc(Cl)c2sc3c(Cl)cccc3c2n1. The number of aromatic nitrogens is 2. The van der Waals surface area contributed by atoms with Crippen LogP contribution in [0.15, 0.2) is 18.2 Å². The van der Waals surface area contributed by atoms with Gasteiger partial charge in [0, 0.05) is 5.39 Å². The lowest BCUT2D eigenvalue weighted by atomic mass is 10.2. The molecule has 0 saturated heterocycles. The summed E-state index contributed by atoms with van der Waals surface area (Å²) >= 11 is 19.4. The molecule has 16 heavy (non-hydrogen) atoms.